The number of aromatic carboxylic acids is 1. The van der Waals surface area contributed by atoms with Crippen LogP contribution in [0.2, 0.25) is 0 Å². The minimum absolute atomic E-state index is 0.0695. The number of hydrogen-bond acceptors (Lipinski definition) is 4. The molecule has 0 amide bonds. The third kappa shape index (κ3) is 1.63. The van der Waals surface area contributed by atoms with E-state index in [-0.39, 0.29) is 11.2 Å². The Morgan fingerprint density at radius 1 is 1.56 bits per heavy atom. The highest BCUT2D eigenvalue weighted by molar-refractivity contribution is 5.85. The maximum atomic E-state index is 10.8. The van der Waals surface area contributed by atoms with Crippen molar-refractivity contribution in [1.82, 2.24) is 0 Å². The van der Waals surface area contributed by atoms with E-state index in [2.05, 4.69) is 0 Å². The first kappa shape index (κ1) is 11.2. The molecule has 1 aromatic heterocycles. The van der Waals surface area contributed by atoms with Crippen LogP contribution in [-0.2, 0) is 6.42 Å². The lowest BCUT2D eigenvalue weighted by Gasteiger charge is -2.32. The lowest BCUT2D eigenvalue weighted by molar-refractivity contribution is -0.257. The predicted octanol–water partition coefficient (Wildman–Crippen LogP) is 0.957. The molecular formula is C12H15O4-. The molecule has 0 radical (unpaired) electrons. The summed E-state index contributed by atoms with van der Waals surface area (Å²) in [5.41, 5.74) is 1.07. The molecule has 0 aliphatic heterocycles. The molecule has 88 valence electrons. The Morgan fingerprint density at radius 2 is 2.19 bits per heavy atom. The van der Waals surface area contributed by atoms with Gasteiger partial charge in [0.15, 0.2) is 5.76 Å². The van der Waals surface area contributed by atoms with Crippen LogP contribution in [0, 0.1) is 12.3 Å². The molecule has 1 aliphatic carbocycles. The zero-order valence-corrected chi connectivity index (χ0v) is 9.66. The van der Waals surface area contributed by atoms with Crippen LogP contribution in [0.5, 0.6) is 0 Å². The molecule has 1 heterocycles. The lowest BCUT2D eigenvalue weighted by atomic mass is 9.75. The van der Waals surface area contributed by atoms with Crippen molar-refractivity contribution >= 4 is 5.97 Å². The summed E-state index contributed by atoms with van der Waals surface area (Å²) in [5, 5.41) is 20.8. The van der Waals surface area contributed by atoms with E-state index in [1.807, 2.05) is 13.8 Å². The molecule has 4 heteroatoms. The topological polar surface area (TPSA) is 73.5 Å². The van der Waals surface area contributed by atoms with E-state index in [1.165, 1.54) is 0 Å². The van der Waals surface area contributed by atoms with Gasteiger partial charge in [-0.2, -0.15) is 0 Å². The van der Waals surface area contributed by atoms with Crippen molar-refractivity contribution in [1.29, 1.82) is 0 Å². The minimum Gasteiger partial charge on any atom is -0.542 e. The van der Waals surface area contributed by atoms with Gasteiger partial charge in [0.25, 0.3) is 0 Å². The van der Waals surface area contributed by atoms with Gasteiger partial charge in [-0.1, -0.05) is 13.8 Å². The van der Waals surface area contributed by atoms with Crippen LogP contribution in [0.15, 0.2) is 4.42 Å². The molecule has 1 atom stereocenters. The van der Waals surface area contributed by atoms with E-state index in [1.54, 1.807) is 6.92 Å². The van der Waals surface area contributed by atoms with Crippen LogP contribution in [0.25, 0.3) is 0 Å². The molecular weight excluding hydrogens is 208 g/mol. The van der Waals surface area contributed by atoms with Crippen LogP contribution in [0.1, 0.15) is 53.8 Å². The van der Waals surface area contributed by atoms with Crippen molar-refractivity contribution in [3.8, 4) is 0 Å². The van der Waals surface area contributed by atoms with Crippen LogP contribution in [0.4, 0.5) is 0 Å². The summed E-state index contributed by atoms with van der Waals surface area (Å²) in [6, 6.07) is 0. The minimum atomic E-state index is -1.32. The standard InChI is InChI=1S/C12H16O4/c1-6-9-7(13)4-12(2,3)5-8(9)16-10(6)11(14)15/h7,13H,4-5H2,1-3H3,(H,14,15)/p-1. The molecule has 2 rings (SSSR count). The van der Waals surface area contributed by atoms with E-state index < -0.39 is 12.1 Å². The summed E-state index contributed by atoms with van der Waals surface area (Å²) in [7, 11) is 0. The van der Waals surface area contributed by atoms with Crippen LogP contribution >= 0.6 is 0 Å². The maximum absolute atomic E-state index is 10.8. The average molecular weight is 223 g/mol. The Kier molecular flexibility index (Phi) is 2.35. The number of aliphatic hydroxyl groups excluding tert-OH is 1. The Bertz CT molecular complexity index is 442. The second kappa shape index (κ2) is 3.35. The van der Waals surface area contributed by atoms with Crippen molar-refractivity contribution < 1.29 is 19.4 Å². The third-order valence-electron chi connectivity index (χ3n) is 3.17. The van der Waals surface area contributed by atoms with Gasteiger partial charge in [0.1, 0.15) is 11.7 Å². The number of carboxylic acid groups (broad SMARTS) is 1. The maximum Gasteiger partial charge on any atom is 0.153 e. The van der Waals surface area contributed by atoms with E-state index in [9.17, 15) is 15.0 Å². The van der Waals surface area contributed by atoms with Gasteiger partial charge in [-0.05, 0) is 18.8 Å². The summed E-state index contributed by atoms with van der Waals surface area (Å²) in [6.07, 6.45) is 0.621. The summed E-state index contributed by atoms with van der Waals surface area (Å²) >= 11 is 0. The highest BCUT2D eigenvalue weighted by atomic mass is 16.4. The van der Waals surface area contributed by atoms with Gasteiger partial charge in [-0.3, -0.25) is 0 Å². The Morgan fingerprint density at radius 3 is 2.75 bits per heavy atom. The molecule has 0 saturated heterocycles. The fourth-order valence-electron chi connectivity index (χ4n) is 2.48. The van der Waals surface area contributed by atoms with Gasteiger partial charge >= 0.3 is 0 Å². The van der Waals surface area contributed by atoms with Crippen molar-refractivity contribution in [2.45, 2.75) is 39.7 Å². The molecule has 4 nitrogen and oxygen atoms in total. The highest BCUT2D eigenvalue weighted by Gasteiger charge is 2.36. The Balaban J connectivity index is 2.54. The molecule has 16 heavy (non-hydrogen) atoms. The van der Waals surface area contributed by atoms with Crippen molar-refractivity contribution in [3.63, 3.8) is 0 Å². The molecule has 0 saturated carbocycles. The Labute approximate surface area is 93.9 Å². The predicted molar refractivity (Wildman–Crippen MR) is 54.8 cm³/mol. The molecule has 0 bridgehead atoms. The summed E-state index contributed by atoms with van der Waals surface area (Å²) < 4.78 is 5.28. The second-order valence-corrected chi connectivity index (χ2v) is 5.24. The monoisotopic (exact) mass is 223 g/mol. The normalized spacial score (nSPS) is 22.9. The van der Waals surface area contributed by atoms with Crippen molar-refractivity contribution in [2.75, 3.05) is 0 Å². The SMILES string of the molecule is Cc1c(C(=O)[O-])oc2c1C(O)CC(C)(C)C2. The van der Waals surface area contributed by atoms with Gasteiger partial charge in [-0.25, -0.2) is 0 Å². The van der Waals surface area contributed by atoms with E-state index in [4.69, 9.17) is 4.42 Å². The largest absolute Gasteiger partial charge is 0.542 e. The molecule has 1 N–H and O–H groups in total. The Hall–Kier alpha value is -1.29. The number of fused-ring (bicyclic) bond motifs is 1. The number of rotatable bonds is 1. The summed E-state index contributed by atoms with van der Waals surface area (Å²) in [5.74, 6) is -0.890. The molecule has 1 unspecified atom stereocenters. The van der Waals surface area contributed by atoms with Gasteiger partial charge in [0.2, 0.25) is 0 Å². The first-order chi connectivity index (χ1) is 7.32. The van der Waals surface area contributed by atoms with Gasteiger partial charge < -0.3 is 19.4 Å². The quantitative estimate of drug-likeness (QED) is 0.769. The number of carboxylic acids is 1. The van der Waals surface area contributed by atoms with Crippen molar-refractivity contribution in [2.24, 2.45) is 5.41 Å². The fourth-order valence-corrected chi connectivity index (χ4v) is 2.48. The van der Waals surface area contributed by atoms with Crippen LogP contribution in [0.3, 0.4) is 0 Å². The van der Waals surface area contributed by atoms with E-state index >= 15 is 0 Å². The first-order valence-corrected chi connectivity index (χ1v) is 5.33. The summed E-state index contributed by atoms with van der Waals surface area (Å²) in [6.45, 7) is 5.69. The zero-order valence-electron chi connectivity index (χ0n) is 9.66. The molecule has 0 aromatic carbocycles. The average Bonchev–Trinajstić information content (AvgIpc) is 2.40. The summed E-state index contributed by atoms with van der Waals surface area (Å²) in [4.78, 5) is 10.8. The van der Waals surface area contributed by atoms with Crippen LogP contribution in [-0.4, -0.2) is 11.1 Å². The van der Waals surface area contributed by atoms with Gasteiger partial charge in [0.05, 0.1) is 6.10 Å². The number of carbonyl (C=O) groups excluding carboxylic acids is 1. The zero-order chi connectivity index (χ0) is 12.1. The van der Waals surface area contributed by atoms with Crippen LogP contribution < -0.4 is 5.11 Å². The molecule has 0 spiro atoms. The van der Waals surface area contributed by atoms with Crippen molar-refractivity contribution in [3.05, 3.63) is 22.6 Å². The smallest absolute Gasteiger partial charge is 0.153 e. The highest BCUT2D eigenvalue weighted by Crippen LogP contribution is 2.43. The number of furan rings is 1. The van der Waals surface area contributed by atoms with E-state index in [0.29, 0.717) is 29.7 Å². The molecule has 1 aliphatic rings. The number of carbonyl (C=O) groups is 1. The van der Waals surface area contributed by atoms with Gasteiger partial charge in [0, 0.05) is 17.5 Å². The number of hydrogen-bond donors (Lipinski definition) is 1. The first-order valence-electron chi connectivity index (χ1n) is 5.33. The van der Waals surface area contributed by atoms with E-state index in [0.717, 1.165) is 0 Å². The number of aliphatic hydroxyl groups is 1. The molecule has 0 fully saturated rings. The molecule has 1 aromatic rings. The van der Waals surface area contributed by atoms with Gasteiger partial charge in [-0.15, -0.1) is 0 Å². The third-order valence-corrected chi connectivity index (χ3v) is 3.17. The lowest BCUT2D eigenvalue weighted by Crippen LogP contribution is -2.25. The fraction of sp³-hybridized carbons (Fsp3) is 0.583. The second-order valence-electron chi connectivity index (χ2n) is 5.24.